The molecular formula is C19H16ClN3OS. The number of thioether (sulfide) groups is 1. The number of aryl methyl sites for hydroxylation is 1. The fourth-order valence-corrected chi connectivity index (χ4v) is 2.95. The molecule has 0 radical (unpaired) electrons. The second kappa shape index (κ2) is 8.14. The Hall–Kier alpha value is -2.37. The highest BCUT2D eigenvalue weighted by Crippen LogP contribution is 2.22. The van der Waals surface area contributed by atoms with Crippen LogP contribution in [0.1, 0.15) is 5.56 Å². The minimum absolute atomic E-state index is 0.0668. The molecule has 0 aliphatic rings. The summed E-state index contributed by atoms with van der Waals surface area (Å²) in [6.45, 7) is 1.96. The second-order valence-electron chi connectivity index (χ2n) is 5.42. The summed E-state index contributed by atoms with van der Waals surface area (Å²) in [7, 11) is 0. The molecule has 0 aliphatic carbocycles. The summed E-state index contributed by atoms with van der Waals surface area (Å²) in [6, 6.07) is 18.9. The number of rotatable bonds is 5. The monoisotopic (exact) mass is 369 g/mol. The zero-order chi connectivity index (χ0) is 17.6. The van der Waals surface area contributed by atoms with Gasteiger partial charge in [-0.05, 0) is 42.8 Å². The van der Waals surface area contributed by atoms with E-state index < -0.39 is 0 Å². The van der Waals surface area contributed by atoms with E-state index in [1.54, 1.807) is 0 Å². The van der Waals surface area contributed by atoms with E-state index in [1.165, 1.54) is 11.8 Å². The first-order chi connectivity index (χ1) is 12.1. The van der Waals surface area contributed by atoms with Crippen molar-refractivity contribution < 1.29 is 4.79 Å². The zero-order valence-electron chi connectivity index (χ0n) is 13.6. The van der Waals surface area contributed by atoms with Crippen molar-refractivity contribution in [1.82, 2.24) is 10.2 Å². The highest BCUT2D eigenvalue weighted by molar-refractivity contribution is 7.99. The fraction of sp³-hybridized carbons (Fsp3) is 0.105. The lowest BCUT2D eigenvalue weighted by molar-refractivity contribution is -0.113. The van der Waals surface area contributed by atoms with Crippen LogP contribution < -0.4 is 5.32 Å². The third-order valence-electron chi connectivity index (χ3n) is 3.55. The number of halogens is 1. The Kier molecular flexibility index (Phi) is 5.68. The number of carbonyl (C=O) groups excluding carboxylic acids is 1. The third-order valence-corrected chi connectivity index (χ3v) is 4.72. The maximum Gasteiger partial charge on any atom is 0.234 e. The predicted molar refractivity (Wildman–Crippen MR) is 103 cm³/mol. The molecule has 0 fully saturated rings. The maximum atomic E-state index is 12.1. The highest BCUT2D eigenvalue weighted by Gasteiger charge is 2.07. The molecule has 3 rings (SSSR count). The number of nitrogens with zero attached hydrogens (tertiary/aromatic N) is 2. The molecular weight excluding hydrogens is 354 g/mol. The summed E-state index contributed by atoms with van der Waals surface area (Å²) >= 11 is 7.24. The lowest BCUT2D eigenvalue weighted by Gasteiger charge is -2.07. The van der Waals surface area contributed by atoms with E-state index in [-0.39, 0.29) is 11.7 Å². The lowest BCUT2D eigenvalue weighted by Crippen LogP contribution is -2.14. The van der Waals surface area contributed by atoms with Crippen molar-refractivity contribution in [2.24, 2.45) is 0 Å². The molecule has 4 nitrogen and oxygen atoms in total. The Morgan fingerprint density at radius 1 is 1.04 bits per heavy atom. The van der Waals surface area contributed by atoms with E-state index in [1.807, 2.05) is 67.6 Å². The Bertz CT molecular complexity index is 867. The summed E-state index contributed by atoms with van der Waals surface area (Å²) in [4.78, 5) is 12.1. The molecule has 0 unspecified atom stereocenters. The number of aromatic nitrogens is 2. The predicted octanol–water partition coefficient (Wildman–Crippen LogP) is 4.84. The van der Waals surface area contributed by atoms with E-state index >= 15 is 0 Å². The van der Waals surface area contributed by atoms with Gasteiger partial charge >= 0.3 is 0 Å². The first kappa shape index (κ1) is 17.5. The molecule has 1 heterocycles. The van der Waals surface area contributed by atoms with Crippen LogP contribution >= 0.6 is 23.4 Å². The lowest BCUT2D eigenvalue weighted by atomic mass is 10.1. The molecule has 1 N–H and O–H groups in total. The molecule has 126 valence electrons. The number of carbonyl (C=O) groups is 1. The van der Waals surface area contributed by atoms with Crippen LogP contribution in [0.25, 0.3) is 11.3 Å². The zero-order valence-corrected chi connectivity index (χ0v) is 15.1. The van der Waals surface area contributed by atoms with Gasteiger partial charge in [-0.25, -0.2) is 0 Å². The number of amides is 1. The normalized spacial score (nSPS) is 10.5. The first-order valence-corrected chi connectivity index (χ1v) is 9.06. The van der Waals surface area contributed by atoms with Crippen molar-refractivity contribution in [2.75, 3.05) is 11.1 Å². The summed E-state index contributed by atoms with van der Waals surface area (Å²) < 4.78 is 0. The van der Waals surface area contributed by atoms with E-state index in [9.17, 15) is 4.79 Å². The quantitative estimate of drug-likeness (QED) is 0.654. The van der Waals surface area contributed by atoms with Gasteiger partial charge in [0.2, 0.25) is 5.91 Å². The third kappa shape index (κ3) is 4.81. The number of nitrogens with one attached hydrogen (secondary N) is 1. The van der Waals surface area contributed by atoms with Crippen LogP contribution in [0.2, 0.25) is 5.02 Å². The Balaban J connectivity index is 1.57. The molecule has 0 saturated heterocycles. The van der Waals surface area contributed by atoms with Gasteiger partial charge in [0.05, 0.1) is 11.4 Å². The van der Waals surface area contributed by atoms with Gasteiger partial charge in [0.25, 0.3) is 0 Å². The molecule has 25 heavy (non-hydrogen) atoms. The van der Waals surface area contributed by atoms with E-state index in [0.717, 1.165) is 22.5 Å². The maximum absolute atomic E-state index is 12.1. The van der Waals surface area contributed by atoms with Crippen LogP contribution in [0.15, 0.2) is 65.7 Å². The first-order valence-electron chi connectivity index (χ1n) is 7.70. The number of hydrogen-bond donors (Lipinski definition) is 1. The van der Waals surface area contributed by atoms with E-state index in [2.05, 4.69) is 15.5 Å². The van der Waals surface area contributed by atoms with Gasteiger partial charge in [-0.3, -0.25) is 4.79 Å². The smallest absolute Gasteiger partial charge is 0.234 e. The van der Waals surface area contributed by atoms with E-state index in [0.29, 0.717) is 10.0 Å². The Labute approximate surface area is 155 Å². The van der Waals surface area contributed by atoms with Gasteiger partial charge in [-0.1, -0.05) is 53.7 Å². The van der Waals surface area contributed by atoms with Gasteiger partial charge < -0.3 is 5.32 Å². The molecule has 0 bridgehead atoms. The van der Waals surface area contributed by atoms with Crippen LogP contribution in [-0.2, 0) is 4.79 Å². The highest BCUT2D eigenvalue weighted by atomic mass is 35.5. The van der Waals surface area contributed by atoms with Crippen molar-refractivity contribution in [3.8, 4) is 11.3 Å². The molecule has 0 saturated carbocycles. The van der Waals surface area contributed by atoms with Crippen LogP contribution in [0.4, 0.5) is 5.69 Å². The summed E-state index contributed by atoms with van der Waals surface area (Å²) in [5.74, 6) is 0.214. The van der Waals surface area contributed by atoms with Crippen molar-refractivity contribution >= 4 is 35.0 Å². The standard InChI is InChI=1S/C19H16ClN3OS/c1-13-4-2-3-5-16(13)21-18(24)12-25-19-11-10-17(22-23-19)14-6-8-15(20)9-7-14/h2-11H,12H2,1H3,(H,21,24). The van der Waals surface area contributed by atoms with Gasteiger partial charge in [0.1, 0.15) is 5.03 Å². The SMILES string of the molecule is Cc1ccccc1NC(=O)CSc1ccc(-c2ccc(Cl)cc2)nn1. The molecule has 0 spiro atoms. The summed E-state index contributed by atoms with van der Waals surface area (Å²) in [5.41, 5.74) is 3.58. The topological polar surface area (TPSA) is 54.9 Å². The van der Waals surface area contributed by atoms with Gasteiger partial charge in [-0.2, -0.15) is 0 Å². The van der Waals surface area contributed by atoms with E-state index in [4.69, 9.17) is 11.6 Å². The van der Waals surface area contributed by atoms with Crippen molar-refractivity contribution in [1.29, 1.82) is 0 Å². The van der Waals surface area contributed by atoms with Gasteiger partial charge in [-0.15, -0.1) is 10.2 Å². The molecule has 3 aromatic rings. The average molecular weight is 370 g/mol. The Morgan fingerprint density at radius 3 is 2.48 bits per heavy atom. The molecule has 0 atom stereocenters. The molecule has 1 amide bonds. The molecule has 2 aromatic carbocycles. The minimum atomic E-state index is -0.0668. The van der Waals surface area contributed by atoms with Gasteiger partial charge in [0.15, 0.2) is 0 Å². The molecule has 6 heteroatoms. The average Bonchev–Trinajstić information content (AvgIpc) is 2.63. The minimum Gasteiger partial charge on any atom is -0.325 e. The second-order valence-corrected chi connectivity index (χ2v) is 6.85. The van der Waals surface area contributed by atoms with Crippen molar-refractivity contribution in [3.05, 3.63) is 71.2 Å². The Morgan fingerprint density at radius 2 is 1.80 bits per heavy atom. The fourth-order valence-electron chi connectivity index (χ4n) is 2.21. The van der Waals surface area contributed by atoms with Crippen LogP contribution in [0.5, 0.6) is 0 Å². The van der Waals surface area contributed by atoms with Gasteiger partial charge in [0, 0.05) is 16.3 Å². The van der Waals surface area contributed by atoms with Crippen molar-refractivity contribution in [3.63, 3.8) is 0 Å². The van der Waals surface area contributed by atoms with Crippen LogP contribution in [0.3, 0.4) is 0 Å². The van der Waals surface area contributed by atoms with Crippen molar-refractivity contribution in [2.45, 2.75) is 11.9 Å². The number of benzene rings is 2. The molecule has 1 aromatic heterocycles. The number of anilines is 1. The number of para-hydroxylation sites is 1. The summed E-state index contributed by atoms with van der Waals surface area (Å²) in [5, 5.41) is 12.7. The number of hydrogen-bond acceptors (Lipinski definition) is 4. The van der Waals surface area contributed by atoms with Crippen LogP contribution in [0, 0.1) is 6.92 Å². The largest absolute Gasteiger partial charge is 0.325 e. The summed E-state index contributed by atoms with van der Waals surface area (Å²) in [6.07, 6.45) is 0. The van der Waals surface area contributed by atoms with Crippen LogP contribution in [-0.4, -0.2) is 21.9 Å². The molecule has 0 aliphatic heterocycles.